The molecule has 0 unspecified atom stereocenters. The molecule has 5 nitrogen and oxygen atoms in total. The van der Waals surface area contributed by atoms with E-state index in [-0.39, 0.29) is 12.6 Å². The van der Waals surface area contributed by atoms with Crippen molar-refractivity contribution < 1.29 is 19.7 Å². The van der Waals surface area contributed by atoms with Gasteiger partial charge >= 0.3 is 6.09 Å². The van der Waals surface area contributed by atoms with Gasteiger partial charge in [-0.05, 0) is 24.8 Å². The van der Waals surface area contributed by atoms with Crippen molar-refractivity contribution in [3.63, 3.8) is 0 Å². The second-order valence-corrected chi connectivity index (χ2v) is 4.85. The zero-order chi connectivity index (χ0) is 13.7. The minimum absolute atomic E-state index is 0.137. The van der Waals surface area contributed by atoms with Gasteiger partial charge in [-0.1, -0.05) is 30.3 Å². The minimum Gasteiger partial charge on any atom is -0.445 e. The molecule has 1 amide bonds. The second kappa shape index (κ2) is 6.54. The van der Waals surface area contributed by atoms with Gasteiger partial charge in [-0.25, -0.2) is 4.79 Å². The normalized spacial score (nSPS) is 26.7. The van der Waals surface area contributed by atoms with Crippen molar-refractivity contribution >= 4 is 6.09 Å². The quantitative estimate of drug-likeness (QED) is 0.767. The molecule has 1 fully saturated rings. The molecule has 0 bridgehead atoms. The first-order valence-electron chi connectivity index (χ1n) is 6.48. The largest absolute Gasteiger partial charge is 0.445 e. The van der Waals surface area contributed by atoms with E-state index in [0.717, 1.165) is 5.56 Å². The van der Waals surface area contributed by atoms with Crippen molar-refractivity contribution in [2.24, 2.45) is 0 Å². The van der Waals surface area contributed by atoms with E-state index in [0.29, 0.717) is 19.3 Å². The summed E-state index contributed by atoms with van der Waals surface area (Å²) >= 11 is 0. The van der Waals surface area contributed by atoms with Crippen LogP contribution >= 0.6 is 0 Å². The Bertz CT molecular complexity index is 409. The van der Waals surface area contributed by atoms with E-state index in [2.05, 4.69) is 5.32 Å². The molecule has 1 aliphatic rings. The fraction of sp³-hybridized carbons (Fsp3) is 0.500. The van der Waals surface area contributed by atoms with Crippen LogP contribution in [0.1, 0.15) is 24.8 Å². The van der Waals surface area contributed by atoms with Crippen molar-refractivity contribution in [3.05, 3.63) is 35.9 Å². The van der Waals surface area contributed by atoms with Crippen molar-refractivity contribution in [2.45, 2.75) is 44.1 Å². The third kappa shape index (κ3) is 4.22. The van der Waals surface area contributed by atoms with Crippen LogP contribution in [0.3, 0.4) is 0 Å². The highest BCUT2D eigenvalue weighted by atomic mass is 16.5. The lowest BCUT2D eigenvalue weighted by atomic mass is 9.91. The Morgan fingerprint density at radius 3 is 2.63 bits per heavy atom. The van der Waals surface area contributed by atoms with Crippen LogP contribution in [-0.4, -0.2) is 34.6 Å². The summed E-state index contributed by atoms with van der Waals surface area (Å²) in [5.74, 6) is 0. The van der Waals surface area contributed by atoms with Crippen molar-refractivity contribution in [1.82, 2.24) is 5.32 Å². The lowest BCUT2D eigenvalue weighted by molar-refractivity contribution is -0.0181. The van der Waals surface area contributed by atoms with Crippen LogP contribution in [-0.2, 0) is 11.3 Å². The van der Waals surface area contributed by atoms with Crippen LogP contribution in [0.15, 0.2) is 30.3 Å². The Morgan fingerprint density at radius 1 is 1.21 bits per heavy atom. The fourth-order valence-corrected chi connectivity index (χ4v) is 2.19. The van der Waals surface area contributed by atoms with Gasteiger partial charge in [-0.15, -0.1) is 0 Å². The van der Waals surface area contributed by atoms with E-state index >= 15 is 0 Å². The number of rotatable bonds is 3. The van der Waals surface area contributed by atoms with Gasteiger partial charge in [0, 0.05) is 6.04 Å². The molecule has 0 aromatic heterocycles. The number of nitrogens with one attached hydrogen (secondary N) is 1. The monoisotopic (exact) mass is 265 g/mol. The first-order valence-corrected chi connectivity index (χ1v) is 6.48. The second-order valence-electron chi connectivity index (χ2n) is 4.85. The fourth-order valence-electron chi connectivity index (χ4n) is 2.19. The lowest BCUT2D eigenvalue weighted by Gasteiger charge is -2.30. The van der Waals surface area contributed by atoms with Crippen LogP contribution in [0.2, 0.25) is 0 Å². The average Bonchev–Trinajstić information content (AvgIpc) is 2.42. The number of ether oxygens (including phenoxy) is 1. The van der Waals surface area contributed by atoms with E-state index in [4.69, 9.17) is 4.74 Å². The molecule has 3 atom stereocenters. The number of amides is 1. The third-order valence-corrected chi connectivity index (χ3v) is 3.32. The van der Waals surface area contributed by atoms with Crippen LogP contribution < -0.4 is 5.32 Å². The molecule has 1 aromatic rings. The van der Waals surface area contributed by atoms with Gasteiger partial charge in [0.05, 0.1) is 12.2 Å². The van der Waals surface area contributed by atoms with Gasteiger partial charge in [-0.3, -0.25) is 0 Å². The Balaban J connectivity index is 1.73. The predicted octanol–water partition coefficient (Wildman–Crippen LogP) is 1.19. The van der Waals surface area contributed by atoms with Crippen molar-refractivity contribution in [2.75, 3.05) is 0 Å². The van der Waals surface area contributed by atoms with E-state index in [1.54, 1.807) is 0 Å². The highest BCUT2D eigenvalue weighted by molar-refractivity contribution is 5.67. The highest BCUT2D eigenvalue weighted by Crippen LogP contribution is 2.19. The molecule has 0 saturated heterocycles. The van der Waals surface area contributed by atoms with Gasteiger partial charge in [0.2, 0.25) is 0 Å². The number of hydrogen-bond acceptors (Lipinski definition) is 4. The van der Waals surface area contributed by atoms with Gasteiger partial charge in [0.15, 0.2) is 0 Å². The highest BCUT2D eigenvalue weighted by Gasteiger charge is 2.28. The molecule has 1 aromatic carbocycles. The van der Waals surface area contributed by atoms with Gasteiger partial charge in [0.1, 0.15) is 6.61 Å². The maximum Gasteiger partial charge on any atom is 0.407 e. The molecule has 1 saturated carbocycles. The minimum atomic E-state index is -0.770. The molecule has 0 aliphatic heterocycles. The first-order chi connectivity index (χ1) is 9.15. The summed E-state index contributed by atoms with van der Waals surface area (Å²) in [5.41, 5.74) is 0.928. The third-order valence-electron chi connectivity index (χ3n) is 3.32. The number of carbonyl (C=O) groups is 1. The Labute approximate surface area is 112 Å². The van der Waals surface area contributed by atoms with Crippen LogP contribution in [0, 0.1) is 0 Å². The van der Waals surface area contributed by atoms with E-state index in [9.17, 15) is 15.0 Å². The lowest BCUT2D eigenvalue weighted by Crippen LogP contribution is -2.44. The van der Waals surface area contributed by atoms with E-state index in [1.807, 2.05) is 30.3 Å². The van der Waals surface area contributed by atoms with Gasteiger partial charge < -0.3 is 20.3 Å². The molecule has 104 valence electrons. The summed E-state index contributed by atoms with van der Waals surface area (Å²) in [4.78, 5) is 11.6. The number of aliphatic hydroxyl groups excluding tert-OH is 2. The number of aliphatic hydroxyl groups is 2. The number of hydrogen-bond donors (Lipinski definition) is 3. The molecular weight excluding hydrogens is 246 g/mol. The smallest absolute Gasteiger partial charge is 0.407 e. The maximum absolute atomic E-state index is 11.6. The summed E-state index contributed by atoms with van der Waals surface area (Å²) in [6.45, 7) is 0.227. The molecular formula is C14H19NO4. The van der Waals surface area contributed by atoms with Crippen LogP contribution in [0.5, 0.6) is 0 Å². The zero-order valence-electron chi connectivity index (χ0n) is 10.7. The zero-order valence-corrected chi connectivity index (χ0v) is 10.7. The maximum atomic E-state index is 11.6. The number of benzene rings is 1. The topological polar surface area (TPSA) is 78.8 Å². The summed E-state index contributed by atoms with van der Waals surface area (Å²) < 4.78 is 5.10. The molecule has 1 aliphatic carbocycles. The molecule has 19 heavy (non-hydrogen) atoms. The number of carbonyl (C=O) groups excluding carboxylic acids is 1. The SMILES string of the molecule is O=C(N[C@@H]1CC[C@@H](O)[C@H](O)C1)OCc1ccccc1. The van der Waals surface area contributed by atoms with E-state index in [1.165, 1.54) is 0 Å². The van der Waals surface area contributed by atoms with Crippen LogP contribution in [0.4, 0.5) is 4.79 Å². The summed E-state index contributed by atoms with van der Waals surface area (Å²) in [6.07, 6.45) is -0.436. The summed E-state index contributed by atoms with van der Waals surface area (Å²) in [6, 6.07) is 9.30. The first kappa shape index (κ1) is 13.8. The molecule has 2 rings (SSSR count). The molecule has 0 radical (unpaired) electrons. The van der Waals surface area contributed by atoms with E-state index < -0.39 is 18.3 Å². The number of alkyl carbamates (subject to hydrolysis) is 1. The predicted molar refractivity (Wildman–Crippen MR) is 69.4 cm³/mol. The Morgan fingerprint density at radius 2 is 1.95 bits per heavy atom. The van der Waals surface area contributed by atoms with Crippen molar-refractivity contribution in [1.29, 1.82) is 0 Å². The van der Waals surface area contributed by atoms with Gasteiger partial charge in [0.25, 0.3) is 0 Å². The summed E-state index contributed by atoms with van der Waals surface area (Å²) in [5, 5.41) is 21.6. The van der Waals surface area contributed by atoms with Crippen LogP contribution in [0.25, 0.3) is 0 Å². The Hall–Kier alpha value is -1.59. The summed E-state index contributed by atoms with van der Waals surface area (Å²) in [7, 11) is 0. The van der Waals surface area contributed by atoms with Crippen molar-refractivity contribution in [3.8, 4) is 0 Å². The molecule has 0 heterocycles. The van der Waals surface area contributed by atoms with Gasteiger partial charge in [-0.2, -0.15) is 0 Å². The standard InChI is InChI=1S/C14H19NO4/c16-12-7-6-11(8-13(12)17)15-14(18)19-9-10-4-2-1-3-5-10/h1-5,11-13,16-17H,6-9H2,(H,15,18)/t11-,12-,13-/m1/s1. The molecule has 0 spiro atoms. The molecule has 5 heteroatoms. The average molecular weight is 265 g/mol. The Kier molecular flexibility index (Phi) is 4.76. The molecule has 3 N–H and O–H groups in total.